The average Bonchev–Trinajstić information content (AvgIpc) is 2.98. The molecule has 0 spiro atoms. The topological polar surface area (TPSA) is 75.8 Å². The summed E-state index contributed by atoms with van der Waals surface area (Å²) in [5.41, 5.74) is 6.23. The largest absolute Gasteiger partial charge is 0.506 e. The number of thiophene rings is 1. The van der Waals surface area contributed by atoms with Crippen molar-refractivity contribution in [1.29, 1.82) is 0 Å². The smallest absolute Gasteiger partial charge is 0.254 e. The number of ether oxygens (including phenoxy) is 1. The van der Waals surface area contributed by atoms with E-state index in [0.29, 0.717) is 25.3 Å². The third kappa shape index (κ3) is 3.96. The molecule has 0 bridgehead atoms. The summed E-state index contributed by atoms with van der Waals surface area (Å²) in [7, 11) is 1.60. The Kier molecular flexibility index (Phi) is 5.19. The second-order valence-electron chi connectivity index (χ2n) is 4.57. The summed E-state index contributed by atoms with van der Waals surface area (Å²) in [5.74, 6) is -0.237. The first-order valence-corrected chi connectivity index (χ1v) is 7.39. The Bertz CT molecular complexity index is 599. The predicted octanol–water partition coefficient (Wildman–Crippen LogP) is 2.32. The van der Waals surface area contributed by atoms with Gasteiger partial charge < -0.3 is 20.5 Å². The maximum Gasteiger partial charge on any atom is 0.254 e. The lowest BCUT2D eigenvalue weighted by Crippen LogP contribution is -2.33. The summed E-state index contributed by atoms with van der Waals surface area (Å²) in [6, 6.07) is 8.48. The van der Waals surface area contributed by atoms with Crippen molar-refractivity contribution in [2.24, 2.45) is 0 Å². The molecule has 1 aromatic heterocycles. The van der Waals surface area contributed by atoms with E-state index in [1.807, 2.05) is 17.5 Å². The van der Waals surface area contributed by atoms with Crippen molar-refractivity contribution in [2.75, 3.05) is 26.0 Å². The highest BCUT2D eigenvalue weighted by Crippen LogP contribution is 2.22. The van der Waals surface area contributed by atoms with Crippen LogP contribution in [0.15, 0.2) is 35.7 Å². The molecular weight excluding hydrogens is 288 g/mol. The number of phenols is 1. The van der Waals surface area contributed by atoms with Gasteiger partial charge in [-0.1, -0.05) is 6.07 Å². The second-order valence-corrected chi connectivity index (χ2v) is 5.60. The van der Waals surface area contributed by atoms with Crippen LogP contribution in [0.2, 0.25) is 0 Å². The van der Waals surface area contributed by atoms with Gasteiger partial charge in [-0.05, 0) is 29.6 Å². The molecule has 21 heavy (non-hydrogen) atoms. The molecule has 0 atom stereocenters. The quantitative estimate of drug-likeness (QED) is 0.634. The maximum absolute atomic E-state index is 12.6. The molecule has 2 aromatic rings. The number of anilines is 1. The van der Waals surface area contributed by atoms with E-state index in [-0.39, 0.29) is 17.3 Å². The molecule has 3 N–H and O–H groups in total. The van der Waals surface area contributed by atoms with Crippen LogP contribution in [0.5, 0.6) is 5.75 Å². The molecule has 0 radical (unpaired) electrons. The van der Waals surface area contributed by atoms with E-state index >= 15 is 0 Å². The molecule has 0 fully saturated rings. The van der Waals surface area contributed by atoms with Crippen molar-refractivity contribution in [3.63, 3.8) is 0 Å². The van der Waals surface area contributed by atoms with Gasteiger partial charge in [0.2, 0.25) is 0 Å². The van der Waals surface area contributed by atoms with Crippen LogP contribution in [-0.2, 0) is 11.3 Å². The van der Waals surface area contributed by atoms with E-state index in [0.717, 1.165) is 4.88 Å². The van der Waals surface area contributed by atoms with Crippen LogP contribution in [0.3, 0.4) is 0 Å². The lowest BCUT2D eigenvalue weighted by molar-refractivity contribution is 0.0682. The highest BCUT2D eigenvalue weighted by Gasteiger charge is 2.17. The average molecular weight is 306 g/mol. The van der Waals surface area contributed by atoms with Crippen LogP contribution in [0.1, 0.15) is 15.2 Å². The highest BCUT2D eigenvalue weighted by atomic mass is 32.1. The minimum Gasteiger partial charge on any atom is -0.506 e. The van der Waals surface area contributed by atoms with E-state index in [1.165, 1.54) is 12.1 Å². The van der Waals surface area contributed by atoms with E-state index in [2.05, 4.69) is 0 Å². The van der Waals surface area contributed by atoms with Crippen molar-refractivity contribution < 1.29 is 14.6 Å². The van der Waals surface area contributed by atoms with Gasteiger partial charge in [-0.3, -0.25) is 4.79 Å². The molecule has 0 aliphatic carbocycles. The first kappa shape index (κ1) is 15.3. The number of carbonyl (C=O) groups is 1. The second kappa shape index (κ2) is 7.10. The Balaban J connectivity index is 2.18. The van der Waals surface area contributed by atoms with Gasteiger partial charge >= 0.3 is 0 Å². The van der Waals surface area contributed by atoms with E-state index in [4.69, 9.17) is 10.5 Å². The summed E-state index contributed by atoms with van der Waals surface area (Å²) < 4.78 is 5.06. The first-order chi connectivity index (χ1) is 10.1. The molecule has 0 saturated carbocycles. The third-order valence-electron chi connectivity index (χ3n) is 3.06. The number of benzene rings is 1. The van der Waals surface area contributed by atoms with Crippen molar-refractivity contribution >= 4 is 22.9 Å². The molecule has 1 aromatic carbocycles. The van der Waals surface area contributed by atoms with Gasteiger partial charge in [0.25, 0.3) is 5.91 Å². The SMILES string of the molecule is COCCN(Cc1cccs1)C(=O)c1ccc(N)c(O)c1. The van der Waals surface area contributed by atoms with Crippen molar-refractivity contribution in [1.82, 2.24) is 4.90 Å². The zero-order chi connectivity index (χ0) is 15.2. The highest BCUT2D eigenvalue weighted by molar-refractivity contribution is 7.09. The number of amides is 1. The fourth-order valence-electron chi connectivity index (χ4n) is 1.90. The summed E-state index contributed by atoms with van der Waals surface area (Å²) >= 11 is 1.60. The van der Waals surface area contributed by atoms with Crippen LogP contribution >= 0.6 is 11.3 Å². The fraction of sp³-hybridized carbons (Fsp3) is 0.267. The molecule has 0 aliphatic heterocycles. The Labute approximate surface area is 127 Å². The van der Waals surface area contributed by atoms with Gasteiger partial charge in [0, 0.05) is 24.1 Å². The van der Waals surface area contributed by atoms with Crippen molar-refractivity contribution in [3.8, 4) is 5.75 Å². The van der Waals surface area contributed by atoms with Gasteiger partial charge in [0.05, 0.1) is 18.8 Å². The molecular formula is C15H18N2O3S. The van der Waals surface area contributed by atoms with Crippen LogP contribution in [-0.4, -0.2) is 36.2 Å². The van der Waals surface area contributed by atoms with E-state index in [1.54, 1.807) is 29.4 Å². The standard InChI is InChI=1S/C15H18N2O3S/c1-20-7-6-17(10-12-3-2-8-21-12)15(19)11-4-5-13(16)14(18)9-11/h2-5,8-9,18H,6-7,10,16H2,1H3. The fourth-order valence-corrected chi connectivity index (χ4v) is 2.62. The van der Waals surface area contributed by atoms with Gasteiger partial charge in [-0.15, -0.1) is 11.3 Å². The lowest BCUT2D eigenvalue weighted by atomic mass is 10.1. The first-order valence-electron chi connectivity index (χ1n) is 6.51. The Morgan fingerprint density at radius 3 is 2.86 bits per heavy atom. The minimum absolute atomic E-state index is 0.0799. The Morgan fingerprint density at radius 1 is 1.43 bits per heavy atom. The van der Waals surface area contributed by atoms with Gasteiger partial charge in [0.1, 0.15) is 5.75 Å². The normalized spacial score (nSPS) is 10.5. The number of rotatable bonds is 6. The number of nitrogen functional groups attached to an aromatic ring is 1. The molecule has 1 heterocycles. The number of hydrogen-bond donors (Lipinski definition) is 2. The van der Waals surface area contributed by atoms with Crippen LogP contribution in [0, 0.1) is 0 Å². The van der Waals surface area contributed by atoms with Crippen LogP contribution < -0.4 is 5.73 Å². The van der Waals surface area contributed by atoms with Crippen LogP contribution in [0.4, 0.5) is 5.69 Å². The predicted molar refractivity (Wildman–Crippen MR) is 83.5 cm³/mol. The summed E-state index contributed by atoms with van der Waals surface area (Å²) in [5, 5.41) is 11.6. The molecule has 112 valence electrons. The number of aromatic hydroxyl groups is 1. The molecule has 6 heteroatoms. The van der Waals surface area contributed by atoms with Gasteiger partial charge in [-0.25, -0.2) is 0 Å². The zero-order valence-electron chi connectivity index (χ0n) is 11.8. The number of nitrogens with zero attached hydrogens (tertiary/aromatic N) is 1. The number of phenolic OH excluding ortho intramolecular Hbond substituents is 1. The van der Waals surface area contributed by atoms with E-state index in [9.17, 15) is 9.90 Å². The monoisotopic (exact) mass is 306 g/mol. The zero-order valence-corrected chi connectivity index (χ0v) is 12.6. The van der Waals surface area contributed by atoms with Crippen LogP contribution in [0.25, 0.3) is 0 Å². The number of methoxy groups -OCH3 is 1. The molecule has 0 saturated heterocycles. The Morgan fingerprint density at radius 2 is 2.24 bits per heavy atom. The van der Waals surface area contributed by atoms with Crippen molar-refractivity contribution in [2.45, 2.75) is 6.54 Å². The Hall–Kier alpha value is -2.05. The van der Waals surface area contributed by atoms with Gasteiger partial charge in [0.15, 0.2) is 0 Å². The van der Waals surface area contributed by atoms with Crippen molar-refractivity contribution in [3.05, 3.63) is 46.2 Å². The number of nitrogens with two attached hydrogens (primary N) is 1. The van der Waals surface area contributed by atoms with Gasteiger partial charge in [-0.2, -0.15) is 0 Å². The summed E-state index contributed by atoms with van der Waals surface area (Å²) in [4.78, 5) is 15.4. The molecule has 1 amide bonds. The molecule has 0 aliphatic rings. The van der Waals surface area contributed by atoms with E-state index < -0.39 is 0 Å². The molecule has 0 unspecified atom stereocenters. The number of hydrogen-bond acceptors (Lipinski definition) is 5. The number of carbonyl (C=O) groups excluding carboxylic acids is 1. The lowest BCUT2D eigenvalue weighted by Gasteiger charge is -2.22. The maximum atomic E-state index is 12.6. The summed E-state index contributed by atoms with van der Waals surface area (Å²) in [6.45, 7) is 1.46. The molecule has 2 rings (SSSR count). The summed E-state index contributed by atoms with van der Waals surface area (Å²) in [6.07, 6.45) is 0. The minimum atomic E-state index is -0.157. The third-order valence-corrected chi connectivity index (χ3v) is 3.92. The molecule has 5 nitrogen and oxygen atoms in total.